The van der Waals surface area contributed by atoms with Crippen LogP contribution in [0.5, 0.6) is 5.75 Å². The maximum Gasteiger partial charge on any atom is 0.222 e. The maximum absolute atomic E-state index is 9.21. The number of H-pyrrole nitrogens is 1. The Morgan fingerprint density at radius 3 is 3.00 bits per heavy atom. The van der Waals surface area contributed by atoms with E-state index in [0.29, 0.717) is 23.8 Å². The van der Waals surface area contributed by atoms with Gasteiger partial charge in [-0.2, -0.15) is 4.98 Å². The first kappa shape index (κ1) is 16.9. The molecule has 0 spiro atoms. The SMILES string of the molecule is CCCCC(CCO)Nc1nc(N)ncc1OCc1nnn[nH]1. The fourth-order valence-corrected chi connectivity index (χ4v) is 2.07. The number of nitrogens with zero attached hydrogens (tertiary/aromatic N) is 5. The molecule has 2 rings (SSSR count). The van der Waals surface area contributed by atoms with Gasteiger partial charge in [0.05, 0.1) is 6.20 Å². The molecule has 0 bridgehead atoms. The van der Waals surface area contributed by atoms with Crippen molar-refractivity contribution in [3.8, 4) is 5.75 Å². The van der Waals surface area contributed by atoms with Crippen LogP contribution in [0.25, 0.3) is 0 Å². The van der Waals surface area contributed by atoms with E-state index in [4.69, 9.17) is 10.5 Å². The minimum Gasteiger partial charge on any atom is -0.480 e. The van der Waals surface area contributed by atoms with Crippen molar-refractivity contribution in [1.29, 1.82) is 0 Å². The lowest BCUT2D eigenvalue weighted by atomic mass is 10.1. The van der Waals surface area contributed by atoms with E-state index in [1.165, 1.54) is 6.20 Å². The summed E-state index contributed by atoms with van der Waals surface area (Å²) < 4.78 is 5.64. The van der Waals surface area contributed by atoms with E-state index in [1.54, 1.807) is 0 Å². The molecule has 0 aliphatic heterocycles. The second-order valence-electron chi connectivity index (χ2n) is 5.07. The Kier molecular flexibility index (Phi) is 6.48. The zero-order valence-corrected chi connectivity index (χ0v) is 13.1. The molecule has 0 fully saturated rings. The number of hydrogen-bond acceptors (Lipinski definition) is 9. The Balaban J connectivity index is 2.06. The van der Waals surface area contributed by atoms with Gasteiger partial charge >= 0.3 is 0 Å². The molecule has 0 aromatic carbocycles. The van der Waals surface area contributed by atoms with Gasteiger partial charge in [-0.25, -0.2) is 10.1 Å². The third-order valence-electron chi connectivity index (χ3n) is 3.25. The van der Waals surface area contributed by atoms with Gasteiger partial charge in [0.1, 0.15) is 6.61 Å². The molecule has 0 saturated carbocycles. The number of tetrazole rings is 1. The van der Waals surface area contributed by atoms with Gasteiger partial charge in [0, 0.05) is 12.6 Å². The summed E-state index contributed by atoms with van der Waals surface area (Å²) in [6, 6.07) is 0.0866. The number of aromatic amines is 1. The molecule has 2 heterocycles. The molecule has 10 nitrogen and oxygen atoms in total. The van der Waals surface area contributed by atoms with Crippen molar-refractivity contribution in [2.24, 2.45) is 0 Å². The average Bonchev–Trinajstić information content (AvgIpc) is 3.05. The van der Waals surface area contributed by atoms with Crippen molar-refractivity contribution in [3.05, 3.63) is 12.0 Å². The van der Waals surface area contributed by atoms with E-state index in [9.17, 15) is 5.11 Å². The highest BCUT2D eigenvalue weighted by atomic mass is 16.5. The zero-order valence-electron chi connectivity index (χ0n) is 13.1. The van der Waals surface area contributed by atoms with E-state index in [1.807, 2.05) is 0 Å². The van der Waals surface area contributed by atoms with Gasteiger partial charge in [-0.15, -0.1) is 5.10 Å². The summed E-state index contributed by atoms with van der Waals surface area (Å²) in [4.78, 5) is 8.14. The third-order valence-corrected chi connectivity index (χ3v) is 3.25. The number of ether oxygens (including phenoxy) is 1. The van der Waals surface area contributed by atoms with Crippen LogP contribution in [-0.4, -0.2) is 48.3 Å². The summed E-state index contributed by atoms with van der Waals surface area (Å²) in [6.45, 7) is 2.38. The molecule has 2 aromatic rings. The molecule has 0 aliphatic rings. The van der Waals surface area contributed by atoms with Crippen LogP contribution in [-0.2, 0) is 6.61 Å². The standard InChI is InChI=1S/C13H22N8O2/c1-2-3-4-9(5-6-22)16-12-10(7-15-13(14)17-12)23-8-11-18-20-21-19-11/h7,9,22H,2-6,8H2,1H3,(H3,14,15,16,17)(H,18,19,20,21). The van der Waals surface area contributed by atoms with Crippen LogP contribution in [0.4, 0.5) is 11.8 Å². The van der Waals surface area contributed by atoms with E-state index in [2.05, 4.69) is 42.8 Å². The lowest BCUT2D eigenvalue weighted by Gasteiger charge is -2.20. The normalized spacial score (nSPS) is 12.1. The van der Waals surface area contributed by atoms with Crippen LogP contribution in [0.1, 0.15) is 38.4 Å². The summed E-state index contributed by atoms with van der Waals surface area (Å²) in [6.07, 6.45) is 5.18. The van der Waals surface area contributed by atoms with Crippen LogP contribution < -0.4 is 15.8 Å². The summed E-state index contributed by atoms with van der Waals surface area (Å²) in [5, 5.41) is 25.8. The zero-order chi connectivity index (χ0) is 16.5. The van der Waals surface area contributed by atoms with Crippen LogP contribution >= 0.6 is 0 Å². The van der Waals surface area contributed by atoms with Crippen molar-refractivity contribution in [2.75, 3.05) is 17.7 Å². The Bertz CT molecular complexity index is 577. The number of hydrogen-bond donors (Lipinski definition) is 4. The van der Waals surface area contributed by atoms with Crippen molar-refractivity contribution in [2.45, 2.75) is 45.3 Å². The van der Waals surface area contributed by atoms with Crippen molar-refractivity contribution in [3.63, 3.8) is 0 Å². The van der Waals surface area contributed by atoms with Crippen molar-refractivity contribution < 1.29 is 9.84 Å². The average molecular weight is 322 g/mol. The number of nitrogens with two attached hydrogens (primary N) is 1. The first-order chi connectivity index (χ1) is 11.2. The van der Waals surface area contributed by atoms with Gasteiger partial charge in [-0.05, 0) is 23.3 Å². The van der Waals surface area contributed by atoms with Crippen LogP contribution in [0.15, 0.2) is 6.20 Å². The highest BCUT2D eigenvalue weighted by Crippen LogP contribution is 2.24. The van der Waals surface area contributed by atoms with Gasteiger partial charge < -0.3 is 20.9 Å². The number of nitrogens with one attached hydrogen (secondary N) is 2. The first-order valence-electron chi connectivity index (χ1n) is 7.58. The van der Waals surface area contributed by atoms with Gasteiger partial charge in [0.15, 0.2) is 17.4 Å². The van der Waals surface area contributed by atoms with E-state index in [0.717, 1.165) is 19.3 Å². The molecular formula is C13H22N8O2. The monoisotopic (exact) mass is 322 g/mol. The summed E-state index contributed by atoms with van der Waals surface area (Å²) in [5.41, 5.74) is 5.66. The van der Waals surface area contributed by atoms with Gasteiger partial charge in [-0.3, -0.25) is 0 Å². The number of rotatable bonds is 10. The summed E-state index contributed by atoms with van der Waals surface area (Å²) in [7, 11) is 0. The number of unbranched alkanes of at least 4 members (excludes halogenated alkanes) is 1. The van der Waals surface area contributed by atoms with Crippen molar-refractivity contribution >= 4 is 11.8 Å². The quantitative estimate of drug-likeness (QED) is 0.490. The number of anilines is 2. The third kappa shape index (κ3) is 5.33. The molecule has 2 aromatic heterocycles. The smallest absolute Gasteiger partial charge is 0.222 e. The highest BCUT2D eigenvalue weighted by molar-refractivity contribution is 5.51. The number of aromatic nitrogens is 6. The molecule has 1 atom stereocenters. The van der Waals surface area contributed by atoms with E-state index < -0.39 is 0 Å². The molecule has 0 amide bonds. The van der Waals surface area contributed by atoms with Crippen LogP contribution in [0.3, 0.4) is 0 Å². The fourth-order valence-electron chi connectivity index (χ4n) is 2.07. The molecule has 10 heteroatoms. The lowest BCUT2D eigenvalue weighted by molar-refractivity contribution is 0.274. The topological polar surface area (TPSA) is 148 Å². The Morgan fingerprint density at radius 1 is 1.43 bits per heavy atom. The molecular weight excluding hydrogens is 300 g/mol. The second-order valence-corrected chi connectivity index (χ2v) is 5.07. The minimum atomic E-state index is 0.0866. The van der Waals surface area contributed by atoms with E-state index in [-0.39, 0.29) is 25.2 Å². The maximum atomic E-state index is 9.21. The van der Waals surface area contributed by atoms with E-state index >= 15 is 0 Å². The molecule has 1 unspecified atom stereocenters. The molecule has 0 radical (unpaired) electrons. The molecule has 0 aliphatic carbocycles. The van der Waals surface area contributed by atoms with Crippen LogP contribution in [0.2, 0.25) is 0 Å². The largest absolute Gasteiger partial charge is 0.480 e. The van der Waals surface area contributed by atoms with Crippen LogP contribution in [0, 0.1) is 0 Å². The van der Waals surface area contributed by atoms with Crippen molar-refractivity contribution in [1.82, 2.24) is 30.6 Å². The molecule has 0 saturated heterocycles. The lowest BCUT2D eigenvalue weighted by Crippen LogP contribution is -2.22. The van der Waals surface area contributed by atoms with Gasteiger partial charge in [0.25, 0.3) is 0 Å². The molecule has 126 valence electrons. The predicted octanol–water partition coefficient (Wildman–Crippen LogP) is 0.504. The second kappa shape index (κ2) is 8.83. The number of aliphatic hydroxyl groups is 1. The minimum absolute atomic E-state index is 0.0866. The number of aliphatic hydroxyl groups excluding tert-OH is 1. The predicted molar refractivity (Wildman–Crippen MR) is 83.6 cm³/mol. The Morgan fingerprint density at radius 2 is 2.30 bits per heavy atom. The van der Waals surface area contributed by atoms with Gasteiger partial charge in [-0.1, -0.05) is 19.8 Å². The van der Waals surface area contributed by atoms with Gasteiger partial charge in [0.2, 0.25) is 5.95 Å². The molecule has 23 heavy (non-hydrogen) atoms. The summed E-state index contributed by atoms with van der Waals surface area (Å²) in [5.74, 6) is 1.60. The number of nitrogen functional groups attached to an aromatic ring is 1. The first-order valence-corrected chi connectivity index (χ1v) is 7.58. The Hall–Kier alpha value is -2.49. The highest BCUT2D eigenvalue weighted by Gasteiger charge is 2.14. The molecule has 5 N–H and O–H groups in total. The summed E-state index contributed by atoms with van der Waals surface area (Å²) >= 11 is 0. The fraction of sp³-hybridized carbons (Fsp3) is 0.615. The Labute approximate surface area is 133 Å².